The summed E-state index contributed by atoms with van der Waals surface area (Å²) in [5, 5.41) is 10.9. The number of hydrogen-bond acceptors (Lipinski definition) is 12. The molecule has 0 aliphatic carbocycles. The molecule has 0 atom stereocenters. The number of nitrogens with one attached hydrogen (secondary N) is 3. The molecular weight excluding hydrogens is 1440 g/mol. The number of benzene rings is 7. The van der Waals surface area contributed by atoms with E-state index in [2.05, 4.69) is 487 Å². The van der Waals surface area contributed by atoms with Crippen LogP contribution < -0.4 is 44.5 Å². The van der Waals surface area contributed by atoms with Crippen LogP contribution in [-0.4, -0.2) is 121 Å². The molecule has 117 heavy (non-hydrogen) atoms. The minimum absolute atomic E-state index is 0.110. The van der Waals surface area contributed by atoms with E-state index >= 15 is 0 Å². The Bertz CT molecular complexity index is 4850. The highest BCUT2D eigenvalue weighted by atomic mass is 16.5. The van der Waals surface area contributed by atoms with Crippen molar-refractivity contribution in [2.24, 2.45) is 0 Å². The van der Waals surface area contributed by atoms with Crippen LogP contribution in [0.5, 0.6) is 0 Å². The lowest BCUT2D eigenvalue weighted by atomic mass is 10.0. The maximum Gasteiger partial charge on any atom is 0.167 e. The number of nitrogens with zero attached hydrogens (tertiary/aromatic N) is 10. The van der Waals surface area contributed by atoms with Crippen molar-refractivity contribution in [3.05, 3.63) is 233 Å². The molecule has 1 aliphatic rings. The lowest BCUT2D eigenvalue weighted by Crippen LogP contribution is -2.38. The van der Waals surface area contributed by atoms with E-state index < -0.39 is 0 Å². The molecular formula is C103H155N13O. The molecule has 14 nitrogen and oxygen atoms in total. The summed E-state index contributed by atoms with van der Waals surface area (Å²) < 4.78 is 5.20. The lowest BCUT2D eigenvalue weighted by Gasteiger charge is -2.35. The molecule has 3 N–H and O–H groups in total. The fraction of sp³-hybridized carbons (Fsp3) is 0.476. The minimum atomic E-state index is 0.110. The van der Waals surface area contributed by atoms with Crippen molar-refractivity contribution >= 4 is 84.1 Å². The molecule has 0 saturated carbocycles. The number of rotatable bonds is 8. The smallest absolute Gasteiger partial charge is 0.167 e. The predicted octanol–water partition coefficient (Wildman–Crippen LogP) is 26.8. The van der Waals surface area contributed by atoms with Crippen LogP contribution in [0.1, 0.15) is 217 Å². The number of hydrogen-bond donors (Lipinski definition) is 3. The summed E-state index contributed by atoms with van der Waals surface area (Å²) in [6.45, 7) is 73.9. The van der Waals surface area contributed by atoms with E-state index in [1.807, 2.05) is 32.3 Å². The van der Waals surface area contributed by atoms with Crippen LogP contribution in [0.2, 0.25) is 0 Å². The van der Waals surface area contributed by atoms with Crippen molar-refractivity contribution < 1.29 is 4.52 Å². The molecule has 0 fully saturated rings. The summed E-state index contributed by atoms with van der Waals surface area (Å²) in [6, 6.07) is 56.0. The number of aromatic amines is 2. The zero-order chi connectivity index (χ0) is 88.8. The van der Waals surface area contributed by atoms with Gasteiger partial charge in [0.1, 0.15) is 5.82 Å². The van der Waals surface area contributed by atoms with Crippen molar-refractivity contribution in [2.75, 3.05) is 101 Å². The first-order valence-corrected chi connectivity index (χ1v) is 41.7. The van der Waals surface area contributed by atoms with Crippen LogP contribution >= 0.6 is 0 Å². The number of fused-ring (bicyclic) bond motifs is 4. The third kappa shape index (κ3) is 29.0. The van der Waals surface area contributed by atoms with E-state index in [1.54, 1.807) is 0 Å². The van der Waals surface area contributed by atoms with Crippen LogP contribution in [0, 0.1) is 55.4 Å². The van der Waals surface area contributed by atoms with E-state index in [0.717, 1.165) is 40.3 Å². The Balaban J connectivity index is 0.000000239. The molecule has 1 aliphatic heterocycles. The topological polar surface area (TPSA) is 108 Å². The monoisotopic (exact) mass is 1590 g/mol. The van der Waals surface area contributed by atoms with Gasteiger partial charge in [0.05, 0.1) is 5.69 Å². The maximum atomic E-state index is 5.20. The van der Waals surface area contributed by atoms with Crippen LogP contribution in [0.3, 0.4) is 0 Å². The maximum absolute atomic E-state index is 5.20. The molecule has 14 heteroatoms. The molecule has 0 unspecified atom stereocenters. The summed E-state index contributed by atoms with van der Waals surface area (Å²) >= 11 is 0. The summed E-state index contributed by atoms with van der Waals surface area (Å²) in [4.78, 5) is 29.3. The van der Waals surface area contributed by atoms with E-state index in [9.17, 15) is 0 Å². The van der Waals surface area contributed by atoms with Gasteiger partial charge in [-0.05, 0) is 370 Å². The molecule has 7 aromatic carbocycles. The third-order valence-corrected chi connectivity index (χ3v) is 22.3. The molecule has 0 spiro atoms. The highest BCUT2D eigenvalue weighted by molar-refractivity contribution is 5.87. The Morgan fingerprint density at radius 3 is 1.27 bits per heavy atom. The Morgan fingerprint density at radius 1 is 0.350 bits per heavy atom. The van der Waals surface area contributed by atoms with E-state index in [4.69, 9.17) is 4.52 Å². The number of H-pyrrole nitrogens is 2. The van der Waals surface area contributed by atoms with Crippen molar-refractivity contribution in [3.63, 3.8) is 0 Å². The number of allylic oxidation sites excluding steroid dienone is 1. The van der Waals surface area contributed by atoms with E-state index in [1.165, 1.54) is 106 Å². The van der Waals surface area contributed by atoms with Crippen LogP contribution in [0.15, 0.2) is 187 Å². The minimum Gasteiger partial charge on any atom is -0.370 e. The lowest BCUT2D eigenvalue weighted by molar-refractivity contribution is 0.450. The Hall–Kier alpha value is -9.82. The van der Waals surface area contributed by atoms with Crippen molar-refractivity contribution in [1.29, 1.82) is 0 Å². The Labute approximate surface area is 710 Å². The van der Waals surface area contributed by atoms with Crippen molar-refractivity contribution in [1.82, 2.24) is 20.1 Å². The summed E-state index contributed by atoms with van der Waals surface area (Å²) in [7, 11) is 17.0. The SMILES string of the molecule is C=C1Cc2ccc(N(C)C(C)(C)C)cc2N1.CN(c1ccc2[nH]ccc2c1)C(C)(C)C.Cc1cc(C)cc(N(C)C(C)(C)C)c1.Cc1cc(C)nc(N(C)C(C)(C)C)c1.Cc1cc(N(C)C(C)(C)C)cc2cc[nH]c12.Cc1ccc(N(C)C(C)(C)C)cc1.Cc1ccccc1N(C)C(C)(C)C.Cc1noc2ccc(N(C)C(C)(C)C)cc12. The zero-order valence-corrected chi connectivity index (χ0v) is 80.5. The second-order valence-corrected chi connectivity index (χ2v) is 40.1. The second kappa shape index (κ2) is 39.6. The van der Waals surface area contributed by atoms with Gasteiger partial charge in [0.25, 0.3) is 0 Å². The quantitative estimate of drug-likeness (QED) is 0.135. The fourth-order valence-electron chi connectivity index (χ4n) is 12.4. The molecule has 0 bridgehead atoms. The highest BCUT2D eigenvalue weighted by Gasteiger charge is 2.26. The van der Waals surface area contributed by atoms with Gasteiger partial charge in [-0.25, -0.2) is 4.98 Å². The first-order chi connectivity index (χ1) is 53.6. The molecule has 12 rings (SSSR count). The number of aryl methyl sites for hydroxylation is 8. The van der Waals surface area contributed by atoms with Crippen LogP contribution in [0.4, 0.5) is 51.3 Å². The molecule has 0 amide bonds. The second-order valence-electron chi connectivity index (χ2n) is 40.1. The molecule has 5 heterocycles. The summed E-state index contributed by atoms with van der Waals surface area (Å²) in [5.74, 6) is 1.05. The molecule has 4 aromatic heterocycles. The van der Waals surface area contributed by atoms with E-state index in [0.29, 0.717) is 0 Å². The van der Waals surface area contributed by atoms with Gasteiger partial charge < -0.3 is 59.0 Å². The van der Waals surface area contributed by atoms with Gasteiger partial charge in [-0.2, -0.15) is 0 Å². The van der Waals surface area contributed by atoms with Gasteiger partial charge in [-0.15, -0.1) is 0 Å². The molecule has 0 radical (unpaired) electrons. The number of pyridine rings is 1. The largest absolute Gasteiger partial charge is 0.370 e. The number of para-hydroxylation sites is 1. The Kier molecular flexibility index (Phi) is 33.1. The zero-order valence-electron chi connectivity index (χ0n) is 80.5. The summed E-state index contributed by atoms with van der Waals surface area (Å²) in [6.07, 6.45) is 4.93. The van der Waals surface area contributed by atoms with Crippen molar-refractivity contribution in [2.45, 2.75) is 272 Å². The standard InChI is InChI=1S/2C14H20N2.C13H18N2O.C13H18N2.C13H21N.C12H20N2.2C12H19N/c1-10-8-12(16(5)14(2,3)4)9-11-6-7-15-13(10)11;1-10-8-11-6-7-12(9-13(11)15-10)16(5)14(2,3)4;1-9-11-8-10(15(5)13(2,3)4)6-7-12(11)16-14-9;1-13(2,3)15(4)11-5-6-12-10(9-11)7-8-14-12;1-10-7-11(2)9-12(8-10)14(6)13(3,4)5;1-9-7-10(2)13-11(8-9)14(6)12(3,4)5;1-10-6-8-11(9-7-10)13(5)12(2,3)4;1-10-8-6-7-9-11(10)13(5)12(2,3)4/h6-9,15H,1-5H3;6-7,9,15H,1,8H2,2-5H3;6-8H,1-5H3;5-9,14H,1-4H3;7-9H,1-6H3;7-8H,1-6H3;2*6-9H,1-5H3. The molecule has 638 valence electrons. The van der Waals surface area contributed by atoms with Gasteiger partial charge >= 0.3 is 0 Å². The Morgan fingerprint density at radius 2 is 0.769 bits per heavy atom. The van der Waals surface area contributed by atoms with Gasteiger partial charge in [0.2, 0.25) is 0 Å². The van der Waals surface area contributed by atoms with Gasteiger partial charge in [-0.1, -0.05) is 59.8 Å². The summed E-state index contributed by atoms with van der Waals surface area (Å²) in [5.41, 5.74) is 26.9. The van der Waals surface area contributed by atoms with E-state index in [-0.39, 0.29) is 44.3 Å². The average molecular weight is 1590 g/mol. The van der Waals surface area contributed by atoms with Gasteiger partial charge in [-0.3, -0.25) is 0 Å². The first-order valence-electron chi connectivity index (χ1n) is 41.7. The first kappa shape index (κ1) is 97.8. The molecule has 11 aromatic rings. The number of aromatic nitrogens is 4. The predicted molar refractivity (Wildman–Crippen MR) is 520 cm³/mol. The van der Waals surface area contributed by atoms with Gasteiger partial charge in [0, 0.05) is 204 Å². The number of anilines is 9. The van der Waals surface area contributed by atoms with Gasteiger partial charge in [0.15, 0.2) is 5.58 Å². The highest BCUT2D eigenvalue weighted by Crippen LogP contribution is 2.36. The third-order valence-electron chi connectivity index (χ3n) is 22.3. The van der Waals surface area contributed by atoms with Crippen LogP contribution in [-0.2, 0) is 6.42 Å². The normalized spacial score (nSPS) is 12.2. The van der Waals surface area contributed by atoms with Crippen molar-refractivity contribution in [3.8, 4) is 0 Å². The fourth-order valence-corrected chi connectivity index (χ4v) is 12.4. The average Bonchev–Trinajstić information content (AvgIpc) is 1.86. The van der Waals surface area contributed by atoms with Crippen LogP contribution in [0.25, 0.3) is 32.8 Å². The molecule has 0 saturated heterocycles.